The number of ether oxygens (including phenoxy) is 1. The van der Waals surface area contributed by atoms with Crippen molar-refractivity contribution >= 4 is 41.7 Å². The van der Waals surface area contributed by atoms with Crippen molar-refractivity contribution in [2.75, 3.05) is 51.8 Å². The van der Waals surface area contributed by atoms with E-state index in [9.17, 15) is 33.5 Å². The maximum Gasteiger partial charge on any atom is 0.321 e. The molecular weight excluding hydrogens is 763 g/mol. The van der Waals surface area contributed by atoms with Gasteiger partial charge in [-0.3, -0.25) is 24.1 Å². The molecule has 4 atom stereocenters. The number of nitrogens with zero attached hydrogens (tertiary/aromatic N) is 3. The van der Waals surface area contributed by atoms with Gasteiger partial charge in [-0.1, -0.05) is 51.1 Å². The first-order valence-electron chi connectivity index (χ1n) is 18.6. The van der Waals surface area contributed by atoms with Crippen LogP contribution in [0.25, 0.3) is 11.1 Å². The van der Waals surface area contributed by atoms with Crippen LogP contribution in [0.3, 0.4) is 0 Å². The first kappa shape index (κ1) is 45.2. The second-order valence-electron chi connectivity index (χ2n) is 15.1. The van der Waals surface area contributed by atoms with Crippen molar-refractivity contribution in [3.8, 4) is 11.1 Å². The van der Waals surface area contributed by atoms with Crippen LogP contribution in [0, 0.1) is 17.0 Å². The van der Waals surface area contributed by atoms with Crippen LogP contribution in [0.1, 0.15) is 50.9 Å². The van der Waals surface area contributed by atoms with E-state index in [1.165, 1.54) is 4.90 Å². The minimum absolute atomic E-state index is 0.00316. The number of carbonyl (C=O) groups excluding carboxylic acids is 4. The van der Waals surface area contributed by atoms with E-state index in [2.05, 4.69) is 5.32 Å². The first-order valence-corrected chi connectivity index (χ1v) is 19.6. The number of carboxylic acids is 1. The maximum absolute atomic E-state index is 15.1. The number of halogens is 2. The highest BCUT2D eigenvalue weighted by molar-refractivity contribution is 8.00. The summed E-state index contributed by atoms with van der Waals surface area (Å²) < 4.78 is 36.9. The fourth-order valence-electron chi connectivity index (χ4n) is 6.65. The Morgan fingerprint density at radius 3 is 2.49 bits per heavy atom. The van der Waals surface area contributed by atoms with Gasteiger partial charge >= 0.3 is 5.97 Å². The number of hydrogen-bond acceptors (Lipinski definition) is 11. The molecule has 1 aliphatic heterocycles. The molecule has 57 heavy (non-hydrogen) atoms. The summed E-state index contributed by atoms with van der Waals surface area (Å²) in [6.07, 6.45) is 2.27. The Hall–Kier alpha value is -4.52. The number of aromatic nitrogens is 1. The molecule has 3 amide bonds. The summed E-state index contributed by atoms with van der Waals surface area (Å²) in [6, 6.07) is 12.6. The molecule has 1 saturated heterocycles. The standard InChI is InChI=1S/C40H52F2N6O8S/c1-39(2,3)36(32-17-27(29-18-28(41)9-10-30(29)42)21-46(32)20-26-7-5-4-6-8-26)47(35(52)22-49)13-11-40(44,25-50)24-45-12-15-56-16-14-48-34(51)19-33(37(48)53)57-23-31(43)38(54)55/h4-10,17-18,21,25,31,33,36,45,49H,11-16,19-20,22-24,43-44H2,1-3H3,(H,54,55)/t31-,33?,36-,40-/m0/s1. The van der Waals surface area contributed by atoms with Crippen LogP contribution in [0.4, 0.5) is 8.78 Å². The van der Waals surface area contributed by atoms with E-state index in [0.29, 0.717) is 24.1 Å². The van der Waals surface area contributed by atoms with E-state index in [0.717, 1.165) is 40.4 Å². The highest BCUT2D eigenvalue weighted by Gasteiger charge is 2.40. The molecule has 0 bridgehead atoms. The number of carboxylic acid groups (broad SMARTS) is 1. The largest absolute Gasteiger partial charge is 0.480 e. The Kier molecular flexibility index (Phi) is 16.1. The lowest BCUT2D eigenvalue weighted by Gasteiger charge is -2.41. The van der Waals surface area contributed by atoms with E-state index >= 15 is 4.39 Å². The molecular formula is C40H52F2N6O8S. The monoisotopic (exact) mass is 814 g/mol. The van der Waals surface area contributed by atoms with Crippen molar-refractivity contribution in [3.05, 3.63) is 83.7 Å². The third-order valence-electron chi connectivity index (χ3n) is 9.62. The fourth-order valence-corrected chi connectivity index (χ4v) is 7.76. The summed E-state index contributed by atoms with van der Waals surface area (Å²) in [5.41, 5.74) is 11.9. The van der Waals surface area contributed by atoms with Gasteiger partial charge in [0.1, 0.15) is 30.6 Å². The summed E-state index contributed by atoms with van der Waals surface area (Å²) in [5, 5.41) is 21.5. The second kappa shape index (κ2) is 20.3. The molecule has 1 aliphatic rings. The highest BCUT2D eigenvalue weighted by Crippen LogP contribution is 2.41. The van der Waals surface area contributed by atoms with Crippen molar-refractivity contribution in [1.82, 2.24) is 19.7 Å². The average molecular weight is 815 g/mol. The predicted octanol–water partition coefficient (Wildman–Crippen LogP) is 2.56. The number of aliphatic hydroxyl groups is 1. The molecule has 4 rings (SSSR count). The van der Waals surface area contributed by atoms with Gasteiger partial charge in [-0.05, 0) is 41.7 Å². The number of aldehydes is 1. The van der Waals surface area contributed by atoms with Crippen LogP contribution in [0.5, 0.6) is 0 Å². The number of aliphatic carboxylic acids is 1. The topological polar surface area (TPSA) is 211 Å². The van der Waals surface area contributed by atoms with Gasteiger partial charge in [0.25, 0.3) is 0 Å². The van der Waals surface area contributed by atoms with Crippen molar-refractivity contribution in [3.63, 3.8) is 0 Å². The number of rotatable bonds is 22. The molecule has 14 nitrogen and oxygen atoms in total. The summed E-state index contributed by atoms with van der Waals surface area (Å²) >= 11 is 1.03. The van der Waals surface area contributed by atoms with E-state index in [4.69, 9.17) is 21.3 Å². The van der Waals surface area contributed by atoms with Gasteiger partial charge in [0.05, 0.1) is 36.6 Å². The average Bonchev–Trinajstić information content (AvgIpc) is 3.70. The van der Waals surface area contributed by atoms with Crippen LogP contribution in [-0.2, 0) is 35.3 Å². The molecule has 0 saturated carbocycles. The lowest BCUT2D eigenvalue weighted by Crippen LogP contribution is -2.54. The van der Waals surface area contributed by atoms with Gasteiger partial charge in [0.15, 0.2) is 0 Å². The van der Waals surface area contributed by atoms with Crippen LogP contribution in [0.15, 0.2) is 60.8 Å². The fraction of sp³-hybridized carbons (Fsp3) is 0.475. The predicted molar refractivity (Wildman–Crippen MR) is 211 cm³/mol. The lowest BCUT2D eigenvalue weighted by molar-refractivity contribution is -0.140. The number of nitrogens with two attached hydrogens (primary N) is 2. The minimum atomic E-state index is -1.44. The number of aliphatic hydroxyl groups excluding tert-OH is 1. The zero-order valence-corrected chi connectivity index (χ0v) is 33.2. The van der Waals surface area contributed by atoms with Crippen LogP contribution in [-0.4, -0.2) is 123 Å². The van der Waals surface area contributed by atoms with E-state index in [1.807, 2.05) is 55.7 Å². The molecule has 0 aliphatic carbocycles. The lowest BCUT2D eigenvalue weighted by atomic mass is 9.82. The number of benzene rings is 2. The molecule has 1 unspecified atom stereocenters. The summed E-state index contributed by atoms with van der Waals surface area (Å²) in [5.74, 6) is -3.83. The molecule has 3 aromatic rings. The van der Waals surface area contributed by atoms with Crippen LogP contribution < -0.4 is 16.8 Å². The Morgan fingerprint density at radius 2 is 1.84 bits per heavy atom. The zero-order chi connectivity index (χ0) is 41.9. The summed E-state index contributed by atoms with van der Waals surface area (Å²) in [7, 11) is 0. The van der Waals surface area contributed by atoms with Crippen molar-refractivity contribution in [2.24, 2.45) is 16.9 Å². The third-order valence-corrected chi connectivity index (χ3v) is 10.9. The molecule has 17 heteroatoms. The molecule has 2 aromatic carbocycles. The number of carbonyl (C=O) groups is 5. The van der Waals surface area contributed by atoms with Gasteiger partial charge < -0.3 is 46.0 Å². The maximum atomic E-state index is 15.1. The number of imide groups is 1. The zero-order valence-electron chi connectivity index (χ0n) is 32.4. The minimum Gasteiger partial charge on any atom is -0.480 e. The molecule has 1 aromatic heterocycles. The van der Waals surface area contributed by atoms with Gasteiger partial charge in [0.2, 0.25) is 17.7 Å². The van der Waals surface area contributed by atoms with E-state index in [-0.39, 0.29) is 69.5 Å². The number of likely N-dealkylation sites (tertiary alicyclic amines) is 1. The molecule has 0 radical (unpaired) electrons. The Labute approximate surface area is 334 Å². The van der Waals surface area contributed by atoms with E-state index in [1.54, 1.807) is 12.3 Å². The van der Waals surface area contributed by atoms with Crippen LogP contribution in [0.2, 0.25) is 0 Å². The van der Waals surface area contributed by atoms with Gasteiger partial charge in [-0.15, -0.1) is 11.8 Å². The second-order valence-corrected chi connectivity index (χ2v) is 16.4. The number of amides is 3. The van der Waals surface area contributed by atoms with E-state index < -0.39 is 64.3 Å². The Morgan fingerprint density at radius 1 is 1.12 bits per heavy atom. The van der Waals surface area contributed by atoms with Crippen molar-refractivity contribution in [2.45, 2.75) is 63.0 Å². The third kappa shape index (κ3) is 12.2. The van der Waals surface area contributed by atoms with Gasteiger partial charge in [-0.25, -0.2) is 8.78 Å². The molecule has 2 heterocycles. The Balaban J connectivity index is 1.41. The number of thioether (sulfide) groups is 1. The normalized spacial score (nSPS) is 16.7. The quantitative estimate of drug-likeness (QED) is 0.0563. The molecule has 310 valence electrons. The number of hydrogen-bond donors (Lipinski definition) is 5. The highest BCUT2D eigenvalue weighted by atomic mass is 32.2. The first-order chi connectivity index (χ1) is 27.0. The van der Waals surface area contributed by atoms with Crippen molar-refractivity contribution < 1.29 is 47.7 Å². The molecule has 7 N–H and O–H groups in total. The van der Waals surface area contributed by atoms with Gasteiger partial charge in [-0.2, -0.15) is 0 Å². The molecule has 0 spiro atoms. The smallest absolute Gasteiger partial charge is 0.321 e. The Bertz CT molecular complexity index is 1880. The van der Waals surface area contributed by atoms with Crippen molar-refractivity contribution in [1.29, 1.82) is 0 Å². The van der Waals surface area contributed by atoms with Crippen LogP contribution >= 0.6 is 11.8 Å². The molecule has 1 fully saturated rings. The summed E-state index contributed by atoms with van der Waals surface area (Å²) in [4.78, 5) is 64.5. The number of nitrogens with one attached hydrogen (secondary N) is 1. The summed E-state index contributed by atoms with van der Waals surface area (Å²) in [6.45, 7) is 5.74. The SMILES string of the molecule is CC(C)(C)[C@H](c1cc(-c2cc(F)ccc2F)cn1Cc1ccccc1)N(CC[C@@](N)(C=O)CNCCOCCN1C(=O)CC(SC[C@H](N)C(=O)O)C1=O)C(=O)CO. The van der Waals surface area contributed by atoms with Gasteiger partial charge in [0, 0.05) is 61.4 Å².